The van der Waals surface area contributed by atoms with Crippen LogP contribution in [0.2, 0.25) is 5.02 Å². The lowest BCUT2D eigenvalue weighted by molar-refractivity contribution is 0.0998. The molecule has 0 aliphatic heterocycles. The Labute approximate surface area is 136 Å². The molecule has 7 heteroatoms. The predicted octanol–water partition coefficient (Wildman–Crippen LogP) is 2.79. The number of rotatable bonds is 3. The van der Waals surface area contributed by atoms with Gasteiger partial charge in [0.05, 0.1) is 10.6 Å². The average Bonchev–Trinajstić information content (AvgIpc) is 2.37. The predicted molar refractivity (Wildman–Crippen MR) is 84.4 cm³/mol. The summed E-state index contributed by atoms with van der Waals surface area (Å²) in [6.07, 6.45) is 1.51. The standard InChI is InChI=1S/C14H13ClFN3O.BrH/c1-8-2-3-11(16)4-9(8)6-19-7-10(15)5-12(13(19)17)14(18)20;/h2-5,7,17H,6H2,1H3,(H2,18,20);1H. The summed E-state index contributed by atoms with van der Waals surface area (Å²) < 4.78 is 14.7. The van der Waals surface area contributed by atoms with E-state index in [1.54, 1.807) is 6.07 Å². The van der Waals surface area contributed by atoms with Gasteiger partial charge in [0.1, 0.15) is 11.3 Å². The van der Waals surface area contributed by atoms with E-state index in [1.807, 2.05) is 6.92 Å². The minimum atomic E-state index is -0.720. The lowest BCUT2D eigenvalue weighted by atomic mass is 10.1. The molecule has 4 nitrogen and oxygen atoms in total. The van der Waals surface area contributed by atoms with Crippen LogP contribution < -0.4 is 11.2 Å². The van der Waals surface area contributed by atoms with Crippen molar-refractivity contribution in [2.75, 3.05) is 0 Å². The third kappa shape index (κ3) is 3.92. The van der Waals surface area contributed by atoms with Gasteiger partial charge in [0.15, 0.2) is 0 Å². The number of amides is 1. The molecule has 1 heterocycles. The van der Waals surface area contributed by atoms with Gasteiger partial charge in [-0.15, -0.1) is 17.0 Å². The Balaban J connectivity index is 0.00000220. The normalized spacial score (nSPS) is 10.0. The Morgan fingerprint density at radius 3 is 2.71 bits per heavy atom. The molecule has 0 fully saturated rings. The molecule has 0 saturated carbocycles. The molecule has 21 heavy (non-hydrogen) atoms. The molecule has 3 N–H and O–H groups in total. The van der Waals surface area contributed by atoms with Crippen LogP contribution in [0.3, 0.4) is 0 Å². The van der Waals surface area contributed by atoms with Crippen LogP contribution in [0.15, 0.2) is 30.5 Å². The highest BCUT2D eigenvalue weighted by atomic mass is 79.9. The van der Waals surface area contributed by atoms with Crippen molar-refractivity contribution in [3.8, 4) is 0 Å². The van der Waals surface area contributed by atoms with Gasteiger partial charge in [-0.25, -0.2) is 4.39 Å². The first kappa shape index (κ1) is 17.4. The van der Waals surface area contributed by atoms with Crippen molar-refractivity contribution in [1.82, 2.24) is 4.57 Å². The van der Waals surface area contributed by atoms with Gasteiger partial charge in [0.25, 0.3) is 5.91 Å². The summed E-state index contributed by atoms with van der Waals surface area (Å²) in [7, 11) is 0. The van der Waals surface area contributed by atoms with Crippen LogP contribution in [0, 0.1) is 18.2 Å². The van der Waals surface area contributed by atoms with Gasteiger partial charge >= 0.3 is 0 Å². The van der Waals surface area contributed by atoms with Gasteiger partial charge < -0.3 is 10.3 Å². The van der Waals surface area contributed by atoms with Crippen LogP contribution in [0.25, 0.3) is 0 Å². The Morgan fingerprint density at radius 2 is 2.10 bits per heavy atom. The van der Waals surface area contributed by atoms with Crippen molar-refractivity contribution in [3.05, 3.63) is 63.5 Å². The van der Waals surface area contributed by atoms with E-state index in [0.717, 1.165) is 5.56 Å². The molecule has 0 atom stereocenters. The molecule has 0 bridgehead atoms. The van der Waals surface area contributed by atoms with Crippen molar-refractivity contribution < 1.29 is 9.18 Å². The molecule has 0 spiro atoms. The van der Waals surface area contributed by atoms with E-state index < -0.39 is 5.91 Å². The monoisotopic (exact) mass is 373 g/mol. The minimum Gasteiger partial charge on any atom is -0.365 e. The fraction of sp³-hybridized carbons (Fsp3) is 0.143. The van der Waals surface area contributed by atoms with E-state index >= 15 is 0 Å². The summed E-state index contributed by atoms with van der Waals surface area (Å²) >= 11 is 5.92. The highest BCUT2D eigenvalue weighted by Crippen LogP contribution is 2.13. The number of aromatic nitrogens is 1. The maximum absolute atomic E-state index is 13.3. The number of nitrogens with zero attached hydrogens (tertiary/aromatic N) is 1. The number of primary amides is 1. The van der Waals surface area contributed by atoms with Gasteiger partial charge in [-0.05, 0) is 36.2 Å². The number of hydrogen-bond acceptors (Lipinski definition) is 2. The Hall–Kier alpha value is -1.66. The number of nitrogens with one attached hydrogen (secondary N) is 1. The zero-order valence-electron chi connectivity index (χ0n) is 11.2. The molecule has 0 aliphatic rings. The van der Waals surface area contributed by atoms with Crippen molar-refractivity contribution in [2.45, 2.75) is 13.5 Å². The number of carbonyl (C=O) groups excluding carboxylic acids is 1. The SMILES string of the molecule is Br.Cc1ccc(F)cc1Cn1cc(Cl)cc(C(N)=O)c1=N. The second kappa shape index (κ2) is 6.87. The topological polar surface area (TPSA) is 71.9 Å². The fourth-order valence-corrected chi connectivity index (χ4v) is 2.14. The van der Waals surface area contributed by atoms with Crippen molar-refractivity contribution in [3.63, 3.8) is 0 Å². The molecule has 2 rings (SSSR count). The third-order valence-corrected chi connectivity index (χ3v) is 3.23. The summed E-state index contributed by atoms with van der Waals surface area (Å²) in [6, 6.07) is 5.78. The first-order chi connectivity index (χ1) is 9.38. The van der Waals surface area contributed by atoms with Crippen LogP contribution in [0.1, 0.15) is 21.5 Å². The lowest BCUT2D eigenvalue weighted by Crippen LogP contribution is -2.30. The highest BCUT2D eigenvalue weighted by molar-refractivity contribution is 8.93. The number of benzene rings is 1. The van der Waals surface area contributed by atoms with Crippen LogP contribution in [-0.2, 0) is 6.54 Å². The van der Waals surface area contributed by atoms with E-state index in [2.05, 4.69) is 0 Å². The summed E-state index contributed by atoms with van der Waals surface area (Å²) in [4.78, 5) is 11.3. The number of halogens is 3. The number of carbonyl (C=O) groups is 1. The number of aryl methyl sites for hydroxylation is 1. The molecule has 0 unspecified atom stereocenters. The van der Waals surface area contributed by atoms with Crippen LogP contribution in [0.5, 0.6) is 0 Å². The average molecular weight is 375 g/mol. The summed E-state index contributed by atoms with van der Waals surface area (Å²) in [5.41, 5.74) is 6.79. The smallest absolute Gasteiger partial charge is 0.252 e. The van der Waals surface area contributed by atoms with E-state index in [0.29, 0.717) is 10.6 Å². The molecule has 0 radical (unpaired) electrons. The summed E-state index contributed by atoms with van der Waals surface area (Å²) in [5, 5.41) is 8.25. The fourth-order valence-electron chi connectivity index (χ4n) is 1.92. The van der Waals surface area contributed by atoms with Crippen LogP contribution >= 0.6 is 28.6 Å². The van der Waals surface area contributed by atoms with Crippen LogP contribution in [0.4, 0.5) is 4.39 Å². The first-order valence-corrected chi connectivity index (χ1v) is 6.25. The largest absolute Gasteiger partial charge is 0.365 e. The van der Waals surface area contributed by atoms with E-state index in [-0.39, 0.29) is 40.4 Å². The lowest BCUT2D eigenvalue weighted by Gasteiger charge is -2.12. The highest BCUT2D eigenvalue weighted by Gasteiger charge is 2.09. The van der Waals surface area contributed by atoms with Crippen LogP contribution in [-0.4, -0.2) is 10.5 Å². The molecular formula is C14H14BrClFN3O. The third-order valence-electron chi connectivity index (χ3n) is 3.02. The quantitative estimate of drug-likeness (QED) is 0.852. The molecule has 0 saturated heterocycles. The van der Waals surface area contributed by atoms with Crippen molar-refractivity contribution in [2.24, 2.45) is 5.73 Å². The van der Waals surface area contributed by atoms with E-state index in [4.69, 9.17) is 22.7 Å². The summed E-state index contributed by atoms with van der Waals surface area (Å²) in [5.74, 6) is -1.07. The molecule has 112 valence electrons. The van der Waals surface area contributed by atoms with Gasteiger partial charge in [0.2, 0.25) is 0 Å². The maximum atomic E-state index is 13.3. The van der Waals surface area contributed by atoms with Gasteiger partial charge in [0, 0.05) is 12.7 Å². The van der Waals surface area contributed by atoms with Gasteiger partial charge in [-0.2, -0.15) is 0 Å². The minimum absolute atomic E-state index is 0. The first-order valence-electron chi connectivity index (χ1n) is 5.88. The van der Waals surface area contributed by atoms with E-state index in [9.17, 15) is 9.18 Å². The number of pyridine rings is 1. The molecule has 1 aromatic carbocycles. The van der Waals surface area contributed by atoms with E-state index in [1.165, 1.54) is 29.0 Å². The maximum Gasteiger partial charge on any atom is 0.252 e. The van der Waals surface area contributed by atoms with Crippen molar-refractivity contribution >= 4 is 34.5 Å². The number of nitrogens with two attached hydrogens (primary N) is 1. The molecule has 0 aliphatic carbocycles. The molecule has 1 aromatic heterocycles. The summed E-state index contributed by atoms with van der Waals surface area (Å²) in [6.45, 7) is 2.09. The second-order valence-corrected chi connectivity index (χ2v) is 4.92. The second-order valence-electron chi connectivity index (χ2n) is 4.48. The van der Waals surface area contributed by atoms with Crippen molar-refractivity contribution in [1.29, 1.82) is 5.41 Å². The Morgan fingerprint density at radius 1 is 1.43 bits per heavy atom. The molecule has 2 aromatic rings. The van der Waals surface area contributed by atoms with Gasteiger partial charge in [-0.3, -0.25) is 10.2 Å². The Kier molecular flexibility index (Phi) is 5.69. The molecular weight excluding hydrogens is 361 g/mol. The Bertz CT molecular complexity index is 745. The number of hydrogen-bond donors (Lipinski definition) is 2. The zero-order valence-corrected chi connectivity index (χ0v) is 13.7. The zero-order chi connectivity index (χ0) is 14.9. The molecule has 1 amide bonds. The van der Waals surface area contributed by atoms with Gasteiger partial charge in [-0.1, -0.05) is 17.7 Å².